The molecule has 164 valence electrons. The molecule has 1 aliphatic heterocycles. The first kappa shape index (κ1) is 22.6. The van der Waals surface area contributed by atoms with Crippen molar-refractivity contribution in [3.05, 3.63) is 45.8 Å². The highest BCUT2D eigenvalue weighted by atomic mass is 16.4. The smallest absolute Gasteiger partial charge is 0.336 e. The van der Waals surface area contributed by atoms with E-state index < -0.39 is 0 Å². The molecule has 1 aromatic heterocycles. The second kappa shape index (κ2) is 9.82. The van der Waals surface area contributed by atoms with Gasteiger partial charge in [-0.25, -0.2) is 4.79 Å². The molecule has 0 radical (unpaired) electrons. The molecule has 0 saturated carbocycles. The van der Waals surface area contributed by atoms with Gasteiger partial charge in [-0.05, 0) is 57.9 Å². The molecule has 0 aliphatic carbocycles. The zero-order chi connectivity index (χ0) is 21.7. The zero-order valence-electron chi connectivity index (χ0n) is 19.4. The number of nitrogens with one attached hydrogen (secondary N) is 1. The van der Waals surface area contributed by atoms with Crippen molar-refractivity contribution in [3.8, 4) is 0 Å². The summed E-state index contributed by atoms with van der Waals surface area (Å²) in [4.78, 5) is 14.3. The number of hydrogen-bond donors (Lipinski definition) is 1. The summed E-state index contributed by atoms with van der Waals surface area (Å²) in [7, 11) is 0. The minimum atomic E-state index is -0.283. The Labute approximate surface area is 181 Å². The van der Waals surface area contributed by atoms with Gasteiger partial charge in [0.15, 0.2) is 0 Å². The summed E-state index contributed by atoms with van der Waals surface area (Å²) in [6.07, 6.45) is 10.3. The van der Waals surface area contributed by atoms with Crippen LogP contribution < -0.4 is 15.8 Å². The molecular weight excluding hydrogens is 372 g/mol. The van der Waals surface area contributed by atoms with Gasteiger partial charge >= 0.3 is 5.63 Å². The second-order valence-electron chi connectivity index (χ2n) is 9.13. The van der Waals surface area contributed by atoms with E-state index in [0.29, 0.717) is 5.58 Å². The predicted molar refractivity (Wildman–Crippen MR) is 129 cm³/mol. The van der Waals surface area contributed by atoms with E-state index in [1.807, 2.05) is 6.92 Å². The molecule has 1 aromatic carbocycles. The quantitative estimate of drug-likeness (QED) is 0.382. The van der Waals surface area contributed by atoms with Crippen LogP contribution >= 0.6 is 0 Å². The number of anilines is 1. The van der Waals surface area contributed by atoms with Crippen LogP contribution in [0.5, 0.6) is 0 Å². The van der Waals surface area contributed by atoms with Gasteiger partial charge < -0.3 is 14.6 Å². The van der Waals surface area contributed by atoms with Crippen molar-refractivity contribution in [3.63, 3.8) is 0 Å². The monoisotopic (exact) mass is 410 g/mol. The van der Waals surface area contributed by atoms with E-state index in [0.717, 1.165) is 36.3 Å². The lowest BCUT2D eigenvalue weighted by molar-refractivity contribution is 0.552. The van der Waals surface area contributed by atoms with Crippen LogP contribution in [0.25, 0.3) is 16.5 Å². The fraction of sp³-hybridized carbons (Fsp3) is 0.577. The van der Waals surface area contributed by atoms with Gasteiger partial charge in [0.2, 0.25) is 0 Å². The molecule has 2 heterocycles. The van der Waals surface area contributed by atoms with E-state index >= 15 is 0 Å². The Kier molecular flexibility index (Phi) is 7.41. The van der Waals surface area contributed by atoms with Crippen LogP contribution in [0.2, 0.25) is 0 Å². The van der Waals surface area contributed by atoms with Crippen molar-refractivity contribution in [2.45, 2.75) is 78.7 Å². The van der Waals surface area contributed by atoms with Gasteiger partial charge in [0.1, 0.15) is 5.58 Å². The van der Waals surface area contributed by atoms with Gasteiger partial charge in [-0.2, -0.15) is 0 Å². The van der Waals surface area contributed by atoms with Gasteiger partial charge in [0.25, 0.3) is 0 Å². The summed E-state index contributed by atoms with van der Waals surface area (Å²) < 4.78 is 5.54. The average molecular weight is 411 g/mol. The average Bonchev–Trinajstić information content (AvgIpc) is 2.68. The Morgan fingerprint density at radius 1 is 1.03 bits per heavy atom. The molecule has 0 atom stereocenters. The van der Waals surface area contributed by atoms with E-state index in [1.54, 1.807) is 6.07 Å². The molecule has 0 saturated heterocycles. The van der Waals surface area contributed by atoms with Crippen molar-refractivity contribution in [1.82, 2.24) is 5.32 Å². The lowest BCUT2D eigenvalue weighted by atomic mass is 9.87. The molecule has 4 nitrogen and oxygen atoms in total. The second-order valence-corrected chi connectivity index (χ2v) is 9.13. The molecule has 2 aromatic rings. The Balaban J connectivity index is 1.82. The van der Waals surface area contributed by atoms with Crippen molar-refractivity contribution < 1.29 is 4.42 Å². The third kappa shape index (κ3) is 4.97. The summed E-state index contributed by atoms with van der Waals surface area (Å²) in [6, 6.07) is 5.85. The highest BCUT2D eigenvalue weighted by Gasteiger charge is 2.32. The molecule has 30 heavy (non-hydrogen) atoms. The van der Waals surface area contributed by atoms with E-state index in [9.17, 15) is 4.79 Å². The minimum absolute atomic E-state index is 0.0866. The number of likely N-dealkylation sites (N-methyl/N-ethyl adjacent to an activating group) is 1. The Morgan fingerprint density at radius 3 is 2.50 bits per heavy atom. The van der Waals surface area contributed by atoms with E-state index in [4.69, 9.17) is 4.42 Å². The largest absolute Gasteiger partial charge is 0.423 e. The highest BCUT2D eigenvalue weighted by Crippen LogP contribution is 2.41. The molecule has 4 heteroatoms. The van der Waals surface area contributed by atoms with E-state index in [1.165, 1.54) is 49.7 Å². The first-order valence-electron chi connectivity index (χ1n) is 11.7. The fourth-order valence-corrected chi connectivity index (χ4v) is 4.70. The van der Waals surface area contributed by atoms with Crippen LogP contribution in [0.3, 0.4) is 0 Å². The van der Waals surface area contributed by atoms with Crippen molar-refractivity contribution in [2.24, 2.45) is 0 Å². The molecule has 0 fully saturated rings. The summed E-state index contributed by atoms with van der Waals surface area (Å²) >= 11 is 0. The number of nitrogens with zero attached hydrogens (tertiary/aromatic N) is 1. The van der Waals surface area contributed by atoms with Crippen LogP contribution in [0.4, 0.5) is 5.69 Å². The molecule has 3 rings (SSSR count). The number of unbranched alkanes of at least 4 members (excludes halogenated alkanes) is 5. The fourth-order valence-electron chi connectivity index (χ4n) is 4.70. The van der Waals surface area contributed by atoms with Crippen molar-refractivity contribution >= 4 is 22.2 Å². The lowest BCUT2D eigenvalue weighted by Gasteiger charge is -2.43. The van der Waals surface area contributed by atoms with Crippen molar-refractivity contribution in [1.29, 1.82) is 0 Å². The first-order chi connectivity index (χ1) is 14.4. The number of hydrogen-bond acceptors (Lipinski definition) is 4. The molecular formula is C26H38N2O2. The maximum Gasteiger partial charge on any atom is 0.336 e. The summed E-state index contributed by atoms with van der Waals surface area (Å²) in [5.74, 6) is 0. The summed E-state index contributed by atoms with van der Waals surface area (Å²) in [6.45, 7) is 13.7. The minimum Gasteiger partial charge on any atom is -0.423 e. The molecule has 0 unspecified atom stereocenters. The molecule has 1 N–H and O–H groups in total. The number of aryl methyl sites for hydroxylation is 1. The third-order valence-electron chi connectivity index (χ3n) is 6.27. The summed E-state index contributed by atoms with van der Waals surface area (Å²) in [5, 5.41) is 4.69. The SMILES string of the molecule is CCCCCCCCNCC1=CC(C)(C)N(CC)c2cc3oc(=O)cc(C)c3cc21. The summed E-state index contributed by atoms with van der Waals surface area (Å²) in [5.41, 5.74) is 5.01. The maximum absolute atomic E-state index is 11.9. The molecule has 0 amide bonds. The Hall–Kier alpha value is -2.07. The standard InChI is InChI=1S/C26H38N2O2/c1-6-8-9-10-11-12-13-27-18-20-17-26(4,5)28(7-2)23-16-24-21(15-22(20)23)19(3)14-25(29)30-24/h14-17,27H,6-13,18H2,1-5H3. The first-order valence-corrected chi connectivity index (χ1v) is 11.7. The zero-order valence-corrected chi connectivity index (χ0v) is 19.4. The number of benzene rings is 1. The van der Waals surface area contributed by atoms with Crippen LogP contribution in [-0.4, -0.2) is 25.2 Å². The highest BCUT2D eigenvalue weighted by molar-refractivity contribution is 5.93. The lowest BCUT2D eigenvalue weighted by Crippen LogP contribution is -2.45. The van der Waals surface area contributed by atoms with Crippen LogP contribution in [-0.2, 0) is 0 Å². The van der Waals surface area contributed by atoms with Gasteiger partial charge in [0, 0.05) is 41.9 Å². The predicted octanol–water partition coefficient (Wildman–Crippen LogP) is 6.05. The Morgan fingerprint density at radius 2 is 1.77 bits per heavy atom. The normalized spacial score (nSPS) is 15.4. The van der Waals surface area contributed by atoms with Gasteiger partial charge in [-0.1, -0.05) is 45.1 Å². The van der Waals surface area contributed by atoms with E-state index in [-0.39, 0.29) is 11.2 Å². The van der Waals surface area contributed by atoms with Crippen LogP contribution in [0.1, 0.15) is 77.3 Å². The third-order valence-corrected chi connectivity index (χ3v) is 6.27. The number of rotatable bonds is 10. The topological polar surface area (TPSA) is 45.5 Å². The van der Waals surface area contributed by atoms with Crippen LogP contribution in [0.15, 0.2) is 33.5 Å². The van der Waals surface area contributed by atoms with Gasteiger partial charge in [-0.15, -0.1) is 0 Å². The number of fused-ring (bicyclic) bond motifs is 2. The molecule has 0 bridgehead atoms. The molecule has 0 spiro atoms. The van der Waals surface area contributed by atoms with Crippen molar-refractivity contribution in [2.75, 3.05) is 24.5 Å². The molecule has 1 aliphatic rings. The van der Waals surface area contributed by atoms with E-state index in [2.05, 4.69) is 56.1 Å². The van der Waals surface area contributed by atoms with Crippen LogP contribution in [0, 0.1) is 6.92 Å². The maximum atomic E-state index is 11.9. The van der Waals surface area contributed by atoms with Gasteiger partial charge in [0.05, 0.1) is 5.54 Å². The Bertz CT molecular complexity index is 955. The van der Waals surface area contributed by atoms with Gasteiger partial charge in [-0.3, -0.25) is 0 Å².